The molecular weight excluding hydrogens is 334 g/mol. The number of nitrogens with zero attached hydrogens (tertiary/aromatic N) is 1. The van der Waals surface area contributed by atoms with E-state index in [2.05, 4.69) is 53.3 Å². The van der Waals surface area contributed by atoms with Crippen LogP contribution in [0.25, 0.3) is 22.2 Å². The van der Waals surface area contributed by atoms with Crippen molar-refractivity contribution in [2.45, 2.75) is 32.7 Å². The van der Waals surface area contributed by atoms with E-state index in [-0.39, 0.29) is 11.8 Å². The Labute approximate surface area is 160 Å². The number of rotatable bonds is 4. The number of likely N-dealkylation sites (tertiary alicyclic amines) is 1. The molecule has 4 nitrogen and oxygen atoms in total. The van der Waals surface area contributed by atoms with E-state index >= 15 is 0 Å². The average Bonchev–Trinajstić information content (AvgIpc) is 3.12. The van der Waals surface area contributed by atoms with Crippen molar-refractivity contribution in [3.05, 3.63) is 54.6 Å². The number of hydrogen-bond acceptors (Lipinski definition) is 2. The van der Waals surface area contributed by atoms with Crippen molar-refractivity contribution < 1.29 is 4.79 Å². The first kappa shape index (κ1) is 17.8. The molecule has 1 atom stereocenters. The lowest BCUT2D eigenvalue weighted by atomic mass is 9.96. The molecule has 140 valence electrons. The third kappa shape index (κ3) is 3.91. The Hall–Kier alpha value is -2.59. The first-order chi connectivity index (χ1) is 13.1. The number of carbonyl (C=O) groups excluding carboxylic acids is 1. The van der Waals surface area contributed by atoms with Crippen LogP contribution in [0.2, 0.25) is 0 Å². The predicted octanol–water partition coefficient (Wildman–Crippen LogP) is 4.89. The molecule has 2 N–H and O–H groups in total. The Morgan fingerprint density at radius 1 is 1.15 bits per heavy atom. The predicted molar refractivity (Wildman–Crippen MR) is 112 cm³/mol. The first-order valence-electron chi connectivity index (χ1n) is 9.83. The van der Waals surface area contributed by atoms with Crippen LogP contribution in [-0.4, -0.2) is 34.9 Å². The summed E-state index contributed by atoms with van der Waals surface area (Å²) in [7, 11) is 0. The van der Waals surface area contributed by atoms with E-state index in [1.807, 2.05) is 30.3 Å². The Bertz CT molecular complexity index is 910. The van der Waals surface area contributed by atoms with E-state index in [0.29, 0.717) is 6.04 Å². The number of piperidine rings is 1. The molecule has 4 rings (SSSR count). The largest absolute Gasteiger partial charge is 0.355 e. The highest BCUT2D eigenvalue weighted by atomic mass is 16.1. The zero-order chi connectivity index (χ0) is 18.8. The van der Waals surface area contributed by atoms with Crippen molar-refractivity contribution in [3.8, 4) is 11.3 Å². The maximum absolute atomic E-state index is 12.8. The highest BCUT2D eigenvalue weighted by molar-refractivity contribution is 5.94. The molecule has 0 bridgehead atoms. The normalized spacial score (nSPS) is 18.1. The number of benzene rings is 2. The number of aromatic amines is 1. The van der Waals surface area contributed by atoms with Crippen molar-refractivity contribution in [1.82, 2.24) is 9.88 Å². The van der Waals surface area contributed by atoms with Gasteiger partial charge >= 0.3 is 0 Å². The molecule has 27 heavy (non-hydrogen) atoms. The van der Waals surface area contributed by atoms with E-state index in [4.69, 9.17) is 0 Å². The fourth-order valence-electron chi connectivity index (χ4n) is 3.93. The zero-order valence-corrected chi connectivity index (χ0v) is 16.0. The van der Waals surface area contributed by atoms with Crippen LogP contribution in [0.4, 0.5) is 5.69 Å². The van der Waals surface area contributed by atoms with Gasteiger partial charge in [0.1, 0.15) is 0 Å². The third-order valence-corrected chi connectivity index (χ3v) is 5.52. The van der Waals surface area contributed by atoms with Gasteiger partial charge in [-0.1, -0.05) is 30.3 Å². The summed E-state index contributed by atoms with van der Waals surface area (Å²) in [5, 5.41) is 4.33. The Balaban J connectivity index is 1.50. The van der Waals surface area contributed by atoms with Crippen molar-refractivity contribution in [2.24, 2.45) is 5.92 Å². The van der Waals surface area contributed by atoms with Gasteiger partial charge in [-0.3, -0.25) is 4.79 Å². The number of fused-ring (bicyclic) bond motifs is 1. The summed E-state index contributed by atoms with van der Waals surface area (Å²) in [6.45, 7) is 6.34. The molecule has 2 heterocycles. The molecule has 0 saturated carbocycles. The van der Waals surface area contributed by atoms with Crippen molar-refractivity contribution in [3.63, 3.8) is 0 Å². The molecular formula is C23H27N3O. The lowest BCUT2D eigenvalue weighted by Crippen LogP contribution is -2.43. The standard InChI is InChI=1S/C23H27N3O/c1-16(2)26-12-6-9-19(15-26)23(27)24-20-10-5-8-17(13-20)22-14-18-7-3-4-11-21(18)25-22/h3-5,7-8,10-11,13-14,16,19,25H,6,9,12,15H2,1-2H3,(H,24,27)/t19-/m1/s1. The van der Waals surface area contributed by atoms with E-state index in [1.165, 1.54) is 5.39 Å². The molecule has 2 aromatic carbocycles. The zero-order valence-electron chi connectivity index (χ0n) is 16.0. The highest BCUT2D eigenvalue weighted by Crippen LogP contribution is 2.27. The van der Waals surface area contributed by atoms with Crippen LogP contribution in [0.5, 0.6) is 0 Å². The number of amides is 1. The van der Waals surface area contributed by atoms with Crippen molar-refractivity contribution in [2.75, 3.05) is 18.4 Å². The molecule has 1 fully saturated rings. The smallest absolute Gasteiger partial charge is 0.228 e. The molecule has 1 aliphatic rings. The third-order valence-electron chi connectivity index (χ3n) is 5.52. The van der Waals surface area contributed by atoms with Crippen LogP contribution < -0.4 is 5.32 Å². The Morgan fingerprint density at radius 3 is 2.81 bits per heavy atom. The number of para-hydroxylation sites is 1. The lowest BCUT2D eigenvalue weighted by molar-refractivity contribution is -0.121. The van der Waals surface area contributed by atoms with Crippen LogP contribution >= 0.6 is 0 Å². The minimum Gasteiger partial charge on any atom is -0.355 e. The number of aromatic nitrogens is 1. The second kappa shape index (κ2) is 7.57. The molecule has 0 spiro atoms. The number of H-pyrrole nitrogens is 1. The summed E-state index contributed by atoms with van der Waals surface area (Å²) in [6, 6.07) is 19.0. The van der Waals surface area contributed by atoms with E-state index in [0.717, 1.165) is 48.4 Å². The molecule has 1 aromatic heterocycles. The maximum Gasteiger partial charge on any atom is 0.228 e. The van der Waals surface area contributed by atoms with Crippen LogP contribution in [0.15, 0.2) is 54.6 Å². The number of hydrogen-bond donors (Lipinski definition) is 2. The molecule has 3 aromatic rings. The molecule has 0 unspecified atom stereocenters. The van der Waals surface area contributed by atoms with Gasteiger partial charge < -0.3 is 15.2 Å². The SMILES string of the molecule is CC(C)N1CCC[C@@H](C(=O)Nc2cccc(-c3cc4ccccc4[nH]3)c2)C1. The van der Waals surface area contributed by atoms with Gasteiger partial charge in [0.25, 0.3) is 0 Å². The minimum absolute atomic E-state index is 0.0675. The van der Waals surface area contributed by atoms with Gasteiger partial charge in [-0.15, -0.1) is 0 Å². The summed E-state index contributed by atoms with van der Waals surface area (Å²) < 4.78 is 0. The van der Waals surface area contributed by atoms with Crippen LogP contribution in [0, 0.1) is 5.92 Å². The van der Waals surface area contributed by atoms with Gasteiger partial charge in [0.2, 0.25) is 5.91 Å². The number of carbonyl (C=O) groups is 1. The van der Waals surface area contributed by atoms with Crippen molar-refractivity contribution in [1.29, 1.82) is 0 Å². The van der Waals surface area contributed by atoms with Crippen LogP contribution in [0.1, 0.15) is 26.7 Å². The molecule has 0 aliphatic carbocycles. The van der Waals surface area contributed by atoms with Crippen LogP contribution in [-0.2, 0) is 4.79 Å². The Kier molecular flexibility index (Phi) is 4.99. The van der Waals surface area contributed by atoms with Crippen molar-refractivity contribution >= 4 is 22.5 Å². The monoisotopic (exact) mass is 361 g/mol. The van der Waals surface area contributed by atoms with E-state index in [1.54, 1.807) is 0 Å². The highest BCUT2D eigenvalue weighted by Gasteiger charge is 2.27. The summed E-state index contributed by atoms with van der Waals surface area (Å²) in [4.78, 5) is 18.6. The van der Waals surface area contributed by atoms with Gasteiger partial charge in [0.15, 0.2) is 0 Å². The molecule has 4 heteroatoms. The molecule has 1 aliphatic heterocycles. The average molecular weight is 361 g/mol. The second-order valence-corrected chi connectivity index (χ2v) is 7.77. The topological polar surface area (TPSA) is 48.1 Å². The minimum atomic E-state index is 0.0675. The number of anilines is 1. The summed E-state index contributed by atoms with van der Waals surface area (Å²) in [5.41, 5.74) is 4.13. The lowest BCUT2D eigenvalue weighted by Gasteiger charge is -2.34. The second-order valence-electron chi connectivity index (χ2n) is 7.77. The Morgan fingerprint density at radius 2 is 2.00 bits per heavy atom. The molecule has 1 amide bonds. The van der Waals surface area contributed by atoms with E-state index in [9.17, 15) is 4.79 Å². The summed E-state index contributed by atoms with van der Waals surface area (Å²) >= 11 is 0. The van der Waals surface area contributed by atoms with Crippen LogP contribution in [0.3, 0.4) is 0 Å². The summed E-state index contributed by atoms with van der Waals surface area (Å²) in [6.07, 6.45) is 2.06. The first-order valence-corrected chi connectivity index (χ1v) is 9.83. The van der Waals surface area contributed by atoms with Gasteiger partial charge in [-0.05, 0) is 57.5 Å². The molecule has 0 radical (unpaired) electrons. The van der Waals surface area contributed by atoms with Gasteiger partial charge in [0, 0.05) is 40.4 Å². The van der Waals surface area contributed by atoms with Gasteiger partial charge in [-0.25, -0.2) is 0 Å². The van der Waals surface area contributed by atoms with E-state index < -0.39 is 0 Å². The number of nitrogens with one attached hydrogen (secondary N) is 2. The molecule has 1 saturated heterocycles. The maximum atomic E-state index is 12.8. The van der Waals surface area contributed by atoms with Gasteiger partial charge in [0.05, 0.1) is 5.92 Å². The summed E-state index contributed by atoms with van der Waals surface area (Å²) in [5.74, 6) is 0.201. The van der Waals surface area contributed by atoms with Gasteiger partial charge in [-0.2, -0.15) is 0 Å². The fraction of sp³-hybridized carbons (Fsp3) is 0.348. The fourth-order valence-corrected chi connectivity index (χ4v) is 3.93. The quantitative estimate of drug-likeness (QED) is 0.695.